The van der Waals surface area contributed by atoms with Crippen LogP contribution in [0.5, 0.6) is 0 Å². The topological polar surface area (TPSA) is 55.4 Å². The zero-order chi connectivity index (χ0) is 23.6. The maximum Gasteiger partial charge on any atom is 0.328 e. The van der Waals surface area contributed by atoms with Gasteiger partial charge in [0.05, 0.1) is 7.11 Å². The van der Waals surface area contributed by atoms with Crippen molar-refractivity contribution in [3.63, 3.8) is 0 Å². The number of aryl methyl sites for hydroxylation is 1. The van der Waals surface area contributed by atoms with E-state index in [4.69, 9.17) is 4.74 Å². The zero-order valence-electron chi connectivity index (χ0n) is 19.2. The predicted molar refractivity (Wildman–Crippen MR) is 138 cm³/mol. The molecule has 5 heteroatoms. The summed E-state index contributed by atoms with van der Waals surface area (Å²) in [7, 11) is 1.34. The highest BCUT2D eigenvalue weighted by Gasteiger charge is 2.23. The number of ether oxygens (including phenoxy) is 1. The van der Waals surface area contributed by atoms with Crippen LogP contribution in [0.2, 0.25) is 0 Å². The molecule has 1 N–H and O–H groups in total. The van der Waals surface area contributed by atoms with Gasteiger partial charge in [0.25, 0.3) is 5.91 Å². The van der Waals surface area contributed by atoms with Gasteiger partial charge in [-0.15, -0.1) is 0 Å². The molecule has 0 aliphatic carbocycles. The number of carbonyl (C=O) groups excluding carboxylic acids is 2. The molecule has 33 heavy (non-hydrogen) atoms. The Morgan fingerprint density at radius 3 is 2.33 bits per heavy atom. The Bertz CT molecular complexity index is 1120. The summed E-state index contributed by atoms with van der Waals surface area (Å²) in [4.78, 5) is 25.5. The quantitative estimate of drug-likeness (QED) is 0.322. The first-order valence-electron chi connectivity index (χ1n) is 10.8. The lowest BCUT2D eigenvalue weighted by Crippen LogP contribution is -2.42. The van der Waals surface area contributed by atoms with Gasteiger partial charge in [-0.05, 0) is 65.3 Å². The highest BCUT2D eigenvalue weighted by Crippen LogP contribution is 2.29. The maximum atomic E-state index is 13.3. The Morgan fingerprint density at radius 2 is 1.64 bits per heavy atom. The molecule has 0 radical (unpaired) electrons. The first-order valence-corrected chi connectivity index (χ1v) is 12.2. The third-order valence-electron chi connectivity index (χ3n) is 5.39. The minimum absolute atomic E-state index is 0.289. The van der Waals surface area contributed by atoms with E-state index in [9.17, 15) is 9.59 Å². The Kier molecular flexibility index (Phi) is 8.90. The van der Waals surface area contributed by atoms with Crippen molar-refractivity contribution in [2.45, 2.75) is 19.4 Å². The van der Waals surface area contributed by atoms with Crippen molar-refractivity contribution in [3.05, 3.63) is 95.1 Å². The number of carbonyl (C=O) groups is 2. The molecular formula is C28H29NO3S. The lowest BCUT2D eigenvalue weighted by molar-refractivity contribution is -0.142. The molecule has 0 heterocycles. The summed E-state index contributed by atoms with van der Waals surface area (Å²) in [5.41, 5.74) is 5.50. The standard InChI is InChI=1S/C28H29NO3S/c1-20-9-7-8-12-23(20)25-19-22(14-13-21-10-5-4-6-11-21)15-16-24(25)27(30)29-26(17-18-33-3)28(31)32-2/h4-16,19,26H,17-18H2,1-3H3,(H,29,30)/b14-13+. The van der Waals surface area contributed by atoms with Crippen LogP contribution in [0.4, 0.5) is 0 Å². The number of thioether (sulfide) groups is 1. The smallest absolute Gasteiger partial charge is 0.328 e. The Hall–Kier alpha value is -3.31. The van der Waals surface area contributed by atoms with Gasteiger partial charge in [-0.3, -0.25) is 4.79 Å². The molecule has 0 aliphatic rings. The van der Waals surface area contributed by atoms with E-state index in [1.54, 1.807) is 11.8 Å². The van der Waals surface area contributed by atoms with Crippen LogP contribution < -0.4 is 5.32 Å². The second-order valence-electron chi connectivity index (χ2n) is 7.69. The molecule has 3 aromatic rings. The van der Waals surface area contributed by atoms with E-state index in [-0.39, 0.29) is 5.91 Å². The van der Waals surface area contributed by atoms with Gasteiger partial charge in [-0.1, -0.05) is 72.8 Å². The van der Waals surface area contributed by atoms with Crippen molar-refractivity contribution in [3.8, 4) is 11.1 Å². The highest BCUT2D eigenvalue weighted by atomic mass is 32.2. The second kappa shape index (κ2) is 12.1. The summed E-state index contributed by atoms with van der Waals surface area (Å²) in [5.74, 6) is 0.0223. The molecule has 0 fully saturated rings. The molecule has 4 nitrogen and oxygen atoms in total. The summed E-state index contributed by atoms with van der Waals surface area (Å²) in [6, 6.07) is 23.1. The maximum absolute atomic E-state index is 13.3. The SMILES string of the molecule is COC(=O)C(CCSC)NC(=O)c1ccc(/C=C/c2ccccc2)cc1-c1ccccc1C. The van der Waals surface area contributed by atoms with Crippen molar-refractivity contribution >= 4 is 35.8 Å². The molecule has 3 aromatic carbocycles. The van der Waals surface area contributed by atoms with Crippen LogP contribution in [-0.4, -0.2) is 37.0 Å². The molecule has 0 aliphatic heterocycles. The van der Waals surface area contributed by atoms with Gasteiger partial charge in [0, 0.05) is 5.56 Å². The van der Waals surface area contributed by atoms with Crippen molar-refractivity contribution in [1.82, 2.24) is 5.32 Å². The van der Waals surface area contributed by atoms with E-state index in [0.29, 0.717) is 12.0 Å². The van der Waals surface area contributed by atoms with Gasteiger partial charge in [-0.25, -0.2) is 4.79 Å². The number of amides is 1. The zero-order valence-corrected chi connectivity index (χ0v) is 20.0. The van der Waals surface area contributed by atoms with E-state index < -0.39 is 12.0 Å². The molecule has 0 saturated heterocycles. The highest BCUT2D eigenvalue weighted by molar-refractivity contribution is 7.98. The monoisotopic (exact) mass is 459 g/mol. The van der Waals surface area contributed by atoms with Crippen LogP contribution in [0.25, 0.3) is 23.3 Å². The predicted octanol–water partition coefficient (Wildman–Crippen LogP) is 5.86. The van der Waals surface area contributed by atoms with Crippen LogP contribution in [0.1, 0.15) is 33.5 Å². The van der Waals surface area contributed by atoms with Gasteiger partial charge >= 0.3 is 5.97 Å². The average Bonchev–Trinajstić information content (AvgIpc) is 2.85. The molecule has 3 rings (SSSR count). The number of hydrogen-bond acceptors (Lipinski definition) is 4. The van der Waals surface area contributed by atoms with Crippen molar-refractivity contribution < 1.29 is 14.3 Å². The number of hydrogen-bond donors (Lipinski definition) is 1. The fraction of sp³-hybridized carbons (Fsp3) is 0.214. The van der Waals surface area contributed by atoms with Crippen LogP contribution in [0, 0.1) is 6.92 Å². The molecule has 1 atom stereocenters. The van der Waals surface area contributed by atoms with Gasteiger partial charge in [0.15, 0.2) is 0 Å². The number of esters is 1. The normalized spacial score (nSPS) is 11.8. The Labute approximate surface area is 200 Å². The fourth-order valence-corrected chi connectivity index (χ4v) is 4.05. The van der Waals surface area contributed by atoms with Gasteiger partial charge < -0.3 is 10.1 Å². The van der Waals surface area contributed by atoms with Crippen LogP contribution >= 0.6 is 11.8 Å². The number of rotatable bonds is 9. The minimum Gasteiger partial charge on any atom is -0.467 e. The van der Waals surface area contributed by atoms with E-state index in [0.717, 1.165) is 33.6 Å². The van der Waals surface area contributed by atoms with Gasteiger partial charge in [0.1, 0.15) is 6.04 Å². The summed E-state index contributed by atoms with van der Waals surface area (Å²) in [6.07, 6.45) is 6.56. The van der Waals surface area contributed by atoms with Crippen molar-refractivity contribution in [2.75, 3.05) is 19.1 Å². The number of nitrogens with one attached hydrogen (secondary N) is 1. The first-order chi connectivity index (χ1) is 16.0. The number of benzene rings is 3. The molecule has 0 aromatic heterocycles. The van der Waals surface area contributed by atoms with E-state index in [1.165, 1.54) is 7.11 Å². The molecule has 170 valence electrons. The lowest BCUT2D eigenvalue weighted by atomic mass is 9.93. The van der Waals surface area contributed by atoms with Crippen LogP contribution in [0.15, 0.2) is 72.8 Å². The largest absolute Gasteiger partial charge is 0.467 e. The molecule has 0 bridgehead atoms. The molecular weight excluding hydrogens is 430 g/mol. The summed E-state index contributed by atoms with van der Waals surface area (Å²) < 4.78 is 4.90. The average molecular weight is 460 g/mol. The van der Waals surface area contributed by atoms with Crippen LogP contribution in [-0.2, 0) is 9.53 Å². The van der Waals surface area contributed by atoms with Gasteiger partial charge in [0.2, 0.25) is 0 Å². The summed E-state index contributed by atoms with van der Waals surface area (Å²) in [6.45, 7) is 2.03. The van der Waals surface area contributed by atoms with E-state index >= 15 is 0 Å². The van der Waals surface area contributed by atoms with E-state index in [2.05, 4.69) is 5.32 Å². The van der Waals surface area contributed by atoms with E-state index in [1.807, 2.05) is 98.1 Å². The Morgan fingerprint density at radius 1 is 0.939 bits per heavy atom. The molecule has 1 unspecified atom stereocenters. The van der Waals surface area contributed by atoms with Crippen molar-refractivity contribution in [2.24, 2.45) is 0 Å². The molecule has 0 saturated carbocycles. The molecule has 0 spiro atoms. The second-order valence-corrected chi connectivity index (χ2v) is 8.68. The molecule has 1 amide bonds. The number of methoxy groups -OCH3 is 1. The van der Waals surface area contributed by atoms with Crippen LogP contribution in [0.3, 0.4) is 0 Å². The Balaban J connectivity index is 1.98. The third kappa shape index (κ3) is 6.59. The lowest BCUT2D eigenvalue weighted by Gasteiger charge is -2.18. The fourth-order valence-electron chi connectivity index (χ4n) is 3.58. The first kappa shape index (κ1) is 24.3. The minimum atomic E-state index is -0.683. The third-order valence-corrected chi connectivity index (χ3v) is 6.04. The van der Waals surface area contributed by atoms with Gasteiger partial charge in [-0.2, -0.15) is 11.8 Å². The van der Waals surface area contributed by atoms with Crippen molar-refractivity contribution in [1.29, 1.82) is 0 Å². The summed E-state index contributed by atoms with van der Waals surface area (Å²) in [5, 5.41) is 2.88. The summed E-state index contributed by atoms with van der Waals surface area (Å²) >= 11 is 1.62.